The van der Waals surface area contributed by atoms with E-state index in [0.29, 0.717) is 11.1 Å². The van der Waals surface area contributed by atoms with Crippen LogP contribution in [0.3, 0.4) is 0 Å². The molecule has 0 spiro atoms. The minimum Gasteiger partial charge on any atom is -0.505 e. The predicted molar refractivity (Wildman–Crippen MR) is 101 cm³/mol. The van der Waals surface area contributed by atoms with E-state index in [9.17, 15) is 15.0 Å². The van der Waals surface area contributed by atoms with Crippen molar-refractivity contribution in [2.24, 2.45) is 10.2 Å². The topological polar surface area (TPSA) is 82.2 Å². The summed E-state index contributed by atoms with van der Waals surface area (Å²) in [6.07, 6.45) is 0. The summed E-state index contributed by atoms with van der Waals surface area (Å²) in [6, 6.07) is 21.5. The molecule has 4 aromatic rings. The molecule has 0 aliphatic rings. The Kier molecular flexibility index (Phi) is 3.82. The molecule has 0 amide bonds. The summed E-state index contributed by atoms with van der Waals surface area (Å²) in [7, 11) is 0. The fourth-order valence-electron chi connectivity index (χ4n) is 3.05. The lowest BCUT2D eigenvalue weighted by atomic mass is 9.99. The Hall–Kier alpha value is -3.73. The Morgan fingerprint density at radius 2 is 1.23 bits per heavy atom. The molecule has 0 unspecified atom stereocenters. The Morgan fingerprint density at radius 1 is 0.692 bits per heavy atom. The van der Waals surface area contributed by atoms with E-state index in [1.807, 2.05) is 48.5 Å². The molecule has 0 aliphatic heterocycles. The van der Waals surface area contributed by atoms with Gasteiger partial charge >= 0.3 is 5.97 Å². The molecule has 0 fully saturated rings. The molecule has 0 saturated heterocycles. The van der Waals surface area contributed by atoms with Crippen LogP contribution in [0, 0.1) is 0 Å². The maximum atomic E-state index is 11.3. The van der Waals surface area contributed by atoms with Crippen molar-refractivity contribution in [3.63, 3.8) is 0 Å². The third-order valence-corrected chi connectivity index (χ3v) is 4.27. The number of carbonyl (C=O) groups is 1. The number of aromatic carboxylic acids is 1. The van der Waals surface area contributed by atoms with Crippen molar-refractivity contribution < 1.29 is 15.0 Å². The molecule has 0 heterocycles. The van der Waals surface area contributed by atoms with Gasteiger partial charge < -0.3 is 10.2 Å². The summed E-state index contributed by atoms with van der Waals surface area (Å²) in [4.78, 5) is 11.3. The summed E-state index contributed by atoms with van der Waals surface area (Å²) >= 11 is 0. The molecular formula is C21H14N2O3. The van der Waals surface area contributed by atoms with Gasteiger partial charge in [0.2, 0.25) is 0 Å². The first-order valence-electron chi connectivity index (χ1n) is 8.03. The number of rotatable bonds is 3. The van der Waals surface area contributed by atoms with E-state index < -0.39 is 5.97 Å². The van der Waals surface area contributed by atoms with Crippen molar-refractivity contribution in [2.75, 3.05) is 0 Å². The number of carboxylic acid groups (broad SMARTS) is 1. The Morgan fingerprint density at radius 3 is 1.92 bits per heavy atom. The van der Waals surface area contributed by atoms with Crippen LogP contribution in [0.5, 0.6) is 5.75 Å². The molecule has 5 heteroatoms. The number of phenols is 1. The van der Waals surface area contributed by atoms with Crippen molar-refractivity contribution in [3.05, 3.63) is 78.4 Å². The van der Waals surface area contributed by atoms with E-state index in [-0.39, 0.29) is 17.0 Å². The van der Waals surface area contributed by atoms with Gasteiger partial charge in [-0.2, -0.15) is 0 Å². The lowest BCUT2D eigenvalue weighted by Crippen LogP contribution is -1.95. The molecule has 0 radical (unpaired) electrons. The van der Waals surface area contributed by atoms with Crippen LogP contribution in [0.25, 0.3) is 21.5 Å². The van der Waals surface area contributed by atoms with Gasteiger partial charge in [0.05, 0.1) is 5.56 Å². The van der Waals surface area contributed by atoms with Crippen molar-refractivity contribution in [1.82, 2.24) is 0 Å². The van der Waals surface area contributed by atoms with E-state index in [1.54, 1.807) is 18.2 Å². The van der Waals surface area contributed by atoms with Gasteiger partial charge in [-0.1, -0.05) is 60.7 Å². The zero-order chi connectivity index (χ0) is 18.1. The molecule has 126 valence electrons. The fourth-order valence-corrected chi connectivity index (χ4v) is 3.05. The second kappa shape index (κ2) is 6.29. The molecule has 4 aromatic carbocycles. The average Bonchev–Trinajstić information content (AvgIpc) is 2.68. The van der Waals surface area contributed by atoms with Crippen LogP contribution >= 0.6 is 0 Å². The SMILES string of the molecule is O=C(O)c1ccccc1N=Nc1c(O)c2ccccc2c2ccccc12. The number of phenolic OH excluding ortho intramolecular Hbond substituents is 1. The van der Waals surface area contributed by atoms with Crippen LogP contribution in [-0.4, -0.2) is 16.2 Å². The number of aromatic hydroxyl groups is 1. The molecule has 0 bridgehead atoms. The normalized spacial score (nSPS) is 11.4. The van der Waals surface area contributed by atoms with Crippen LogP contribution < -0.4 is 0 Å². The number of fused-ring (bicyclic) bond motifs is 3. The van der Waals surface area contributed by atoms with Crippen molar-refractivity contribution in [3.8, 4) is 5.75 Å². The van der Waals surface area contributed by atoms with Crippen LogP contribution in [0.4, 0.5) is 11.4 Å². The maximum Gasteiger partial charge on any atom is 0.337 e. The standard InChI is InChI=1S/C21H14N2O3/c24-20-16-10-4-2-8-14(16)13-7-1-3-9-15(13)19(20)23-22-18-12-6-5-11-17(18)21(25)26/h1-12,24H,(H,25,26). The minimum atomic E-state index is -1.08. The number of benzene rings is 4. The summed E-state index contributed by atoms with van der Waals surface area (Å²) in [5.74, 6) is -1.05. The third kappa shape index (κ3) is 2.56. The average molecular weight is 342 g/mol. The zero-order valence-corrected chi connectivity index (χ0v) is 13.6. The highest BCUT2D eigenvalue weighted by Crippen LogP contribution is 2.43. The number of carboxylic acids is 1. The first-order valence-corrected chi connectivity index (χ1v) is 8.03. The summed E-state index contributed by atoms with van der Waals surface area (Å²) in [5.41, 5.74) is 0.608. The molecule has 2 N–H and O–H groups in total. The largest absolute Gasteiger partial charge is 0.505 e. The minimum absolute atomic E-state index is 0.0239. The summed E-state index contributed by atoms with van der Waals surface area (Å²) in [5, 5.41) is 31.6. The van der Waals surface area contributed by atoms with E-state index >= 15 is 0 Å². The highest BCUT2D eigenvalue weighted by Gasteiger charge is 2.14. The van der Waals surface area contributed by atoms with E-state index in [0.717, 1.165) is 16.2 Å². The zero-order valence-electron chi connectivity index (χ0n) is 13.6. The number of nitrogens with zero attached hydrogens (tertiary/aromatic N) is 2. The van der Waals surface area contributed by atoms with Crippen LogP contribution in [0.1, 0.15) is 10.4 Å². The van der Waals surface area contributed by atoms with Crippen LogP contribution in [-0.2, 0) is 0 Å². The van der Waals surface area contributed by atoms with Gasteiger partial charge in [-0.3, -0.25) is 0 Å². The maximum absolute atomic E-state index is 11.3. The molecule has 0 atom stereocenters. The van der Waals surface area contributed by atoms with Gasteiger partial charge in [-0.15, -0.1) is 10.2 Å². The number of azo groups is 1. The highest BCUT2D eigenvalue weighted by atomic mass is 16.4. The van der Waals surface area contributed by atoms with E-state index in [1.165, 1.54) is 6.07 Å². The monoisotopic (exact) mass is 342 g/mol. The first-order chi connectivity index (χ1) is 12.7. The first kappa shape index (κ1) is 15.8. The van der Waals surface area contributed by atoms with Gasteiger partial charge in [0.25, 0.3) is 0 Å². The van der Waals surface area contributed by atoms with Crippen molar-refractivity contribution in [1.29, 1.82) is 0 Å². The van der Waals surface area contributed by atoms with Gasteiger partial charge in [-0.05, 0) is 22.9 Å². The molecule has 5 nitrogen and oxygen atoms in total. The molecule has 0 aromatic heterocycles. The van der Waals surface area contributed by atoms with Crippen LogP contribution in [0.2, 0.25) is 0 Å². The number of hydrogen-bond acceptors (Lipinski definition) is 4. The van der Waals surface area contributed by atoms with E-state index in [2.05, 4.69) is 10.2 Å². The third-order valence-electron chi connectivity index (χ3n) is 4.27. The van der Waals surface area contributed by atoms with Gasteiger partial charge in [0.15, 0.2) is 5.75 Å². The lowest BCUT2D eigenvalue weighted by molar-refractivity contribution is 0.0697. The quantitative estimate of drug-likeness (QED) is 0.364. The predicted octanol–water partition coefficient (Wildman–Crippen LogP) is 5.81. The van der Waals surface area contributed by atoms with Crippen LogP contribution in [0.15, 0.2) is 83.0 Å². The second-order valence-corrected chi connectivity index (χ2v) is 5.81. The van der Waals surface area contributed by atoms with Crippen molar-refractivity contribution in [2.45, 2.75) is 0 Å². The Balaban J connectivity index is 1.97. The molecule has 0 aliphatic carbocycles. The molecular weight excluding hydrogens is 328 g/mol. The highest BCUT2D eigenvalue weighted by molar-refractivity contribution is 6.15. The summed E-state index contributed by atoms with van der Waals surface area (Å²) < 4.78 is 0. The lowest BCUT2D eigenvalue weighted by Gasteiger charge is -2.09. The molecule has 26 heavy (non-hydrogen) atoms. The van der Waals surface area contributed by atoms with E-state index in [4.69, 9.17) is 0 Å². The smallest absolute Gasteiger partial charge is 0.337 e. The second-order valence-electron chi connectivity index (χ2n) is 5.81. The van der Waals surface area contributed by atoms with Crippen molar-refractivity contribution >= 4 is 38.9 Å². The fraction of sp³-hybridized carbons (Fsp3) is 0. The number of hydrogen-bond donors (Lipinski definition) is 2. The van der Waals surface area contributed by atoms with Gasteiger partial charge in [0, 0.05) is 10.8 Å². The molecule has 0 saturated carbocycles. The Labute approximate surface area is 148 Å². The Bertz CT molecular complexity index is 1180. The molecule has 4 rings (SSSR count). The van der Waals surface area contributed by atoms with Gasteiger partial charge in [0.1, 0.15) is 11.4 Å². The van der Waals surface area contributed by atoms with Gasteiger partial charge in [-0.25, -0.2) is 4.79 Å². The summed E-state index contributed by atoms with van der Waals surface area (Å²) in [6.45, 7) is 0.